The first-order chi connectivity index (χ1) is 14.2. The number of nitrogen functional groups attached to an aromatic ring is 1. The second-order valence-electron chi connectivity index (χ2n) is 6.12. The molecule has 2 aromatic carbocycles. The van der Waals surface area contributed by atoms with Gasteiger partial charge in [0.1, 0.15) is 29.0 Å². The molecule has 0 aliphatic heterocycles. The predicted octanol–water partition coefficient (Wildman–Crippen LogP) is 2.74. The first-order valence-electron chi connectivity index (χ1n) is 8.34. The minimum absolute atomic E-state index is 0.0412. The lowest BCUT2D eigenvalue weighted by Gasteiger charge is -2.11. The number of ether oxygens (including phenoxy) is 1. The normalized spacial score (nSPS) is 10.6. The highest BCUT2D eigenvalue weighted by Crippen LogP contribution is 2.29. The number of halogens is 3. The first kappa shape index (κ1) is 20.6. The number of carbonyl (C=O) groups excluding carboxylic acids is 1. The van der Waals surface area contributed by atoms with Gasteiger partial charge in [-0.3, -0.25) is 9.59 Å². The Labute approximate surface area is 166 Å². The molecular formula is C20H13F3N2O5. The molecule has 4 N–H and O–H groups in total. The SMILES string of the molecule is Nc1[nH]c(=O)c(-c2c(F)cc(OCC(=O)O)cc2F)cc1C(=O)c1ccc(F)cc1. The molecule has 7 nitrogen and oxygen atoms in total. The molecule has 0 fully saturated rings. The molecule has 0 saturated carbocycles. The van der Waals surface area contributed by atoms with E-state index >= 15 is 0 Å². The van der Waals surface area contributed by atoms with Crippen molar-refractivity contribution in [3.63, 3.8) is 0 Å². The zero-order chi connectivity index (χ0) is 22.0. The van der Waals surface area contributed by atoms with Crippen LogP contribution in [0.3, 0.4) is 0 Å². The number of aliphatic carboxylic acids is 1. The van der Waals surface area contributed by atoms with Gasteiger partial charge in [-0.25, -0.2) is 18.0 Å². The topological polar surface area (TPSA) is 122 Å². The number of ketones is 1. The summed E-state index contributed by atoms with van der Waals surface area (Å²) in [5.41, 5.74) is 3.25. The van der Waals surface area contributed by atoms with Crippen LogP contribution in [0.25, 0.3) is 11.1 Å². The van der Waals surface area contributed by atoms with Crippen LogP contribution in [0.5, 0.6) is 5.75 Å². The number of aromatic amines is 1. The maximum Gasteiger partial charge on any atom is 0.341 e. The fourth-order valence-electron chi connectivity index (χ4n) is 2.71. The van der Waals surface area contributed by atoms with E-state index in [1.54, 1.807) is 0 Å². The lowest BCUT2D eigenvalue weighted by Crippen LogP contribution is -2.18. The van der Waals surface area contributed by atoms with Crippen LogP contribution in [0, 0.1) is 17.5 Å². The van der Waals surface area contributed by atoms with Crippen molar-refractivity contribution in [1.29, 1.82) is 0 Å². The van der Waals surface area contributed by atoms with E-state index in [9.17, 15) is 27.6 Å². The Morgan fingerprint density at radius 1 is 1.03 bits per heavy atom. The van der Waals surface area contributed by atoms with Crippen molar-refractivity contribution in [2.75, 3.05) is 12.3 Å². The predicted molar refractivity (Wildman–Crippen MR) is 99.8 cm³/mol. The number of carboxylic acids is 1. The van der Waals surface area contributed by atoms with Gasteiger partial charge in [0.2, 0.25) is 0 Å². The van der Waals surface area contributed by atoms with Crippen LogP contribution in [0.15, 0.2) is 47.3 Å². The number of nitrogens with two attached hydrogens (primary N) is 1. The smallest absolute Gasteiger partial charge is 0.341 e. The molecule has 0 unspecified atom stereocenters. The van der Waals surface area contributed by atoms with Gasteiger partial charge < -0.3 is 20.6 Å². The number of aromatic nitrogens is 1. The third-order valence-electron chi connectivity index (χ3n) is 4.07. The van der Waals surface area contributed by atoms with Crippen molar-refractivity contribution in [3.05, 3.63) is 81.4 Å². The largest absolute Gasteiger partial charge is 0.482 e. The summed E-state index contributed by atoms with van der Waals surface area (Å²) in [6.45, 7) is -0.822. The lowest BCUT2D eigenvalue weighted by atomic mass is 9.99. The molecule has 0 bridgehead atoms. The summed E-state index contributed by atoms with van der Waals surface area (Å²) >= 11 is 0. The Morgan fingerprint density at radius 2 is 1.63 bits per heavy atom. The molecule has 30 heavy (non-hydrogen) atoms. The van der Waals surface area contributed by atoms with E-state index in [1.807, 2.05) is 0 Å². The third kappa shape index (κ3) is 4.17. The van der Waals surface area contributed by atoms with E-state index in [2.05, 4.69) is 4.98 Å². The van der Waals surface area contributed by atoms with Crippen LogP contribution >= 0.6 is 0 Å². The van der Waals surface area contributed by atoms with Gasteiger partial charge in [0.25, 0.3) is 5.56 Å². The molecule has 0 spiro atoms. The van der Waals surface area contributed by atoms with Gasteiger partial charge in [0, 0.05) is 17.7 Å². The zero-order valence-corrected chi connectivity index (χ0v) is 15.0. The van der Waals surface area contributed by atoms with Crippen molar-refractivity contribution in [2.24, 2.45) is 0 Å². The average molecular weight is 418 g/mol. The number of nitrogens with one attached hydrogen (secondary N) is 1. The highest BCUT2D eigenvalue weighted by Gasteiger charge is 2.21. The van der Waals surface area contributed by atoms with E-state index in [-0.39, 0.29) is 16.9 Å². The third-order valence-corrected chi connectivity index (χ3v) is 4.07. The van der Waals surface area contributed by atoms with Crippen molar-refractivity contribution >= 4 is 17.6 Å². The molecular weight excluding hydrogens is 405 g/mol. The monoisotopic (exact) mass is 418 g/mol. The van der Waals surface area contributed by atoms with Gasteiger partial charge in [0.15, 0.2) is 12.4 Å². The summed E-state index contributed by atoms with van der Waals surface area (Å²) in [6, 6.07) is 6.82. The van der Waals surface area contributed by atoms with Gasteiger partial charge in [-0.1, -0.05) is 0 Å². The first-order valence-corrected chi connectivity index (χ1v) is 8.34. The summed E-state index contributed by atoms with van der Waals surface area (Å²) in [6.07, 6.45) is 0. The highest BCUT2D eigenvalue weighted by atomic mass is 19.1. The maximum atomic E-state index is 14.5. The quantitative estimate of drug-likeness (QED) is 0.529. The summed E-state index contributed by atoms with van der Waals surface area (Å²) in [5.74, 6) is -5.79. The number of H-pyrrole nitrogens is 1. The molecule has 0 saturated heterocycles. The van der Waals surface area contributed by atoms with Crippen LogP contribution in [-0.2, 0) is 4.79 Å². The molecule has 0 radical (unpaired) electrons. The molecule has 3 aromatic rings. The maximum absolute atomic E-state index is 14.5. The Hall–Kier alpha value is -4.08. The standard InChI is InChI=1S/C20H13F3N2O5/c21-10-3-1-9(2-4-10)18(28)13-7-12(20(29)25-19(13)24)17-14(22)5-11(6-15(17)23)30-8-16(26)27/h1-7H,8H2,(H,26,27)(H3,24,25,29). The number of pyridine rings is 1. The van der Waals surface area contributed by atoms with Crippen molar-refractivity contribution in [3.8, 4) is 16.9 Å². The molecule has 10 heteroatoms. The van der Waals surface area contributed by atoms with Gasteiger partial charge in [-0.05, 0) is 30.3 Å². The van der Waals surface area contributed by atoms with Crippen LogP contribution in [0.4, 0.5) is 19.0 Å². The van der Waals surface area contributed by atoms with Gasteiger partial charge in [-0.2, -0.15) is 0 Å². The van der Waals surface area contributed by atoms with Crippen LogP contribution < -0.4 is 16.0 Å². The summed E-state index contributed by atoms with van der Waals surface area (Å²) in [7, 11) is 0. The summed E-state index contributed by atoms with van der Waals surface area (Å²) in [4.78, 5) is 37.6. The summed E-state index contributed by atoms with van der Waals surface area (Å²) in [5, 5.41) is 8.58. The second-order valence-corrected chi connectivity index (χ2v) is 6.12. The number of carbonyl (C=O) groups is 2. The molecule has 1 aromatic heterocycles. The fraction of sp³-hybridized carbons (Fsp3) is 0.0500. The second kappa shape index (κ2) is 8.11. The molecule has 0 aliphatic rings. The van der Waals surface area contributed by atoms with Crippen LogP contribution in [0.1, 0.15) is 15.9 Å². The van der Waals surface area contributed by atoms with E-state index in [0.717, 1.165) is 18.2 Å². The van der Waals surface area contributed by atoms with Crippen molar-refractivity contribution in [2.45, 2.75) is 0 Å². The van der Waals surface area contributed by atoms with Gasteiger partial charge in [-0.15, -0.1) is 0 Å². The zero-order valence-electron chi connectivity index (χ0n) is 15.0. The molecule has 3 rings (SSSR count). The van der Waals surface area contributed by atoms with Crippen LogP contribution in [-0.4, -0.2) is 28.4 Å². The lowest BCUT2D eigenvalue weighted by molar-refractivity contribution is -0.139. The van der Waals surface area contributed by atoms with Crippen molar-refractivity contribution < 1.29 is 32.6 Å². The van der Waals surface area contributed by atoms with Crippen LogP contribution in [0.2, 0.25) is 0 Å². The van der Waals surface area contributed by atoms with E-state index < -0.39 is 58.2 Å². The van der Waals surface area contributed by atoms with Gasteiger partial charge in [0.05, 0.1) is 16.7 Å². The van der Waals surface area contributed by atoms with E-state index in [4.69, 9.17) is 15.6 Å². The minimum atomic E-state index is -1.35. The number of hydrogen-bond acceptors (Lipinski definition) is 5. The van der Waals surface area contributed by atoms with Gasteiger partial charge >= 0.3 is 5.97 Å². The molecule has 154 valence electrons. The average Bonchev–Trinajstić information content (AvgIpc) is 2.67. The summed E-state index contributed by atoms with van der Waals surface area (Å²) < 4.78 is 46.9. The van der Waals surface area contributed by atoms with Crippen molar-refractivity contribution in [1.82, 2.24) is 4.98 Å². The molecule has 0 atom stereocenters. The Kier molecular flexibility index (Phi) is 5.58. The number of hydrogen-bond donors (Lipinski definition) is 3. The number of anilines is 1. The number of rotatable bonds is 6. The molecule has 0 aliphatic carbocycles. The van der Waals surface area contributed by atoms with E-state index in [1.165, 1.54) is 12.1 Å². The minimum Gasteiger partial charge on any atom is -0.482 e. The number of carboxylic acid groups (broad SMARTS) is 1. The fourth-order valence-corrected chi connectivity index (χ4v) is 2.71. The molecule has 1 heterocycles. The Morgan fingerprint density at radius 3 is 2.20 bits per heavy atom. The van der Waals surface area contributed by atoms with E-state index in [0.29, 0.717) is 12.1 Å². The Bertz CT molecular complexity index is 1180. The molecule has 0 amide bonds. The highest BCUT2D eigenvalue weighted by molar-refractivity contribution is 6.12. The number of benzene rings is 2. The Balaban J connectivity index is 2.08.